The largest absolute Gasteiger partial charge is 0.391 e. The quantitative estimate of drug-likeness (QED) is 0.505. The SMILES string of the molecule is CCC(O)CNC(=O)[C@@H](C)N. The zero-order chi connectivity index (χ0) is 8.85. The van der Waals surface area contributed by atoms with Crippen molar-refractivity contribution in [2.75, 3.05) is 6.54 Å². The lowest BCUT2D eigenvalue weighted by molar-refractivity contribution is -0.122. The number of aliphatic hydroxyl groups is 1. The molecule has 0 aromatic heterocycles. The fourth-order valence-corrected chi connectivity index (χ4v) is 0.524. The highest BCUT2D eigenvalue weighted by molar-refractivity contribution is 5.80. The number of amides is 1. The van der Waals surface area contributed by atoms with Crippen LogP contribution < -0.4 is 11.1 Å². The molecule has 0 fully saturated rings. The van der Waals surface area contributed by atoms with Gasteiger partial charge in [0.1, 0.15) is 0 Å². The van der Waals surface area contributed by atoms with E-state index < -0.39 is 12.1 Å². The van der Waals surface area contributed by atoms with Crippen LogP contribution in [-0.2, 0) is 4.79 Å². The van der Waals surface area contributed by atoms with Crippen LogP contribution >= 0.6 is 0 Å². The van der Waals surface area contributed by atoms with Gasteiger partial charge in [-0.3, -0.25) is 4.79 Å². The molecule has 0 saturated heterocycles. The van der Waals surface area contributed by atoms with Gasteiger partial charge in [0.05, 0.1) is 12.1 Å². The van der Waals surface area contributed by atoms with Crippen molar-refractivity contribution in [3.05, 3.63) is 0 Å². The number of aliphatic hydroxyl groups excluding tert-OH is 1. The van der Waals surface area contributed by atoms with Crippen LogP contribution in [0.2, 0.25) is 0 Å². The van der Waals surface area contributed by atoms with Gasteiger partial charge in [0.25, 0.3) is 0 Å². The average molecular weight is 160 g/mol. The molecule has 4 nitrogen and oxygen atoms in total. The highest BCUT2D eigenvalue weighted by Gasteiger charge is 2.07. The maximum Gasteiger partial charge on any atom is 0.236 e. The summed E-state index contributed by atoms with van der Waals surface area (Å²) >= 11 is 0. The molecule has 0 saturated carbocycles. The molecule has 0 aliphatic heterocycles. The fourth-order valence-electron chi connectivity index (χ4n) is 0.524. The summed E-state index contributed by atoms with van der Waals surface area (Å²) in [6.07, 6.45) is 0.178. The minimum absolute atomic E-state index is 0.225. The highest BCUT2D eigenvalue weighted by atomic mass is 16.3. The molecule has 0 aliphatic rings. The summed E-state index contributed by atoms with van der Waals surface area (Å²) in [4.78, 5) is 10.8. The monoisotopic (exact) mass is 160 g/mol. The number of nitrogens with two attached hydrogens (primary N) is 1. The predicted molar refractivity (Wildman–Crippen MR) is 43.0 cm³/mol. The van der Waals surface area contributed by atoms with E-state index in [-0.39, 0.29) is 12.5 Å². The third-order valence-corrected chi connectivity index (χ3v) is 1.40. The number of hydrogen-bond donors (Lipinski definition) is 3. The summed E-state index contributed by atoms with van der Waals surface area (Å²) in [7, 11) is 0. The summed E-state index contributed by atoms with van der Waals surface area (Å²) in [6, 6.07) is -0.501. The van der Waals surface area contributed by atoms with Crippen molar-refractivity contribution in [2.24, 2.45) is 5.73 Å². The summed E-state index contributed by atoms with van der Waals surface area (Å²) in [5.41, 5.74) is 5.27. The van der Waals surface area contributed by atoms with Crippen LogP contribution in [0.3, 0.4) is 0 Å². The molecule has 0 aliphatic carbocycles. The van der Waals surface area contributed by atoms with E-state index >= 15 is 0 Å². The van der Waals surface area contributed by atoms with E-state index in [0.717, 1.165) is 0 Å². The van der Waals surface area contributed by atoms with Gasteiger partial charge < -0.3 is 16.2 Å². The van der Waals surface area contributed by atoms with Gasteiger partial charge in [-0.2, -0.15) is 0 Å². The van der Waals surface area contributed by atoms with Crippen LogP contribution in [0.5, 0.6) is 0 Å². The Morgan fingerprint density at radius 3 is 2.64 bits per heavy atom. The minimum Gasteiger partial charge on any atom is -0.391 e. The Kier molecular flexibility index (Phi) is 4.81. The van der Waals surface area contributed by atoms with Crippen LogP contribution in [0.1, 0.15) is 20.3 Å². The van der Waals surface area contributed by atoms with Crippen molar-refractivity contribution in [2.45, 2.75) is 32.4 Å². The van der Waals surface area contributed by atoms with E-state index in [0.29, 0.717) is 6.42 Å². The lowest BCUT2D eigenvalue weighted by Gasteiger charge is -2.10. The van der Waals surface area contributed by atoms with Crippen LogP contribution in [0.25, 0.3) is 0 Å². The van der Waals surface area contributed by atoms with E-state index in [1.165, 1.54) is 0 Å². The number of carbonyl (C=O) groups excluding carboxylic acids is 1. The molecule has 2 atom stereocenters. The standard InChI is InChI=1S/C7H16N2O2/c1-3-6(10)4-9-7(11)5(2)8/h5-6,10H,3-4,8H2,1-2H3,(H,9,11)/t5-,6?/m1/s1. The van der Waals surface area contributed by atoms with Gasteiger partial charge in [-0.1, -0.05) is 6.92 Å². The summed E-state index contributed by atoms with van der Waals surface area (Å²) < 4.78 is 0. The highest BCUT2D eigenvalue weighted by Crippen LogP contribution is 1.86. The molecule has 66 valence electrons. The zero-order valence-corrected chi connectivity index (χ0v) is 7.00. The Balaban J connectivity index is 3.46. The van der Waals surface area contributed by atoms with Gasteiger partial charge in [0.2, 0.25) is 5.91 Å². The summed E-state index contributed by atoms with van der Waals surface area (Å²) in [5, 5.41) is 11.6. The van der Waals surface area contributed by atoms with Gasteiger partial charge in [0, 0.05) is 6.54 Å². The second kappa shape index (κ2) is 5.09. The zero-order valence-electron chi connectivity index (χ0n) is 7.00. The molecule has 4 N–H and O–H groups in total. The molecule has 4 heteroatoms. The van der Waals surface area contributed by atoms with Gasteiger partial charge in [-0.25, -0.2) is 0 Å². The van der Waals surface area contributed by atoms with Crippen LogP contribution in [-0.4, -0.2) is 29.7 Å². The molecule has 0 aromatic rings. The maximum atomic E-state index is 10.8. The van der Waals surface area contributed by atoms with E-state index in [1.807, 2.05) is 6.92 Å². The smallest absolute Gasteiger partial charge is 0.236 e. The first-order valence-corrected chi connectivity index (χ1v) is 3.79. The molecular formula is C7H16N2O2. The van der Waals surface area contributed by atoms with Gasteiger partial charge in [-0.05, 0) is 13.3 Å². The number of carbonyl (C=O) groups is 1. The van der Waals surface area contributed by atoms with Crippen molar-refractivity contribution in [1.29, 1.82) is 0 Å². The van der Waals surface area contributed by atoms with E-state index in [2.05, 4.69) is 5.32 Å². The Hall–Kier alpha value is -0.610. The number of rotatable bonds is 4. The first-order chi connectivity index (χ1) is 5.07. The third kappa shape index (κ3) is 4.75. The second-order valence-corrected chi connectivity index (χ2v) is 2.60. The number of nitrogens with one attached hydrogen (secondary N) is 1. The summed E-state index contributed by atoms with van der Waals surface area (Å²) in [5.74, 6) is -0.225. The van der Waals surface area contributed by atoms with Crippen LogP contribution in [0, 0.1) is 0 Å². The van der Waals surface area contributed by atoms with Crippen molar-refractivity contribution in [1.82, 2.24) is 5.32 Å². The van der Waals surface area contributed by atoms with Crippen LogP contribution in [0.15, 0.2) is 0 Å². The molecule has 11 heavy (non-hydrogen) atoms. The van der Waals surface area contributed by atoms with Crippen molar-refractivity contribution >= 4 is 5.91 Å². The Bertz CT molecular complexity index is 126. The van der Waals surface area contributed by atoms with Gasteiger partial charge in [-0.15, -0.1) is 0 Å². The molecule has 1 amide bonds. The molecule has 0 heterocycles. The molecule has 0 aromatic carbocycles. The normalized spacial score (nSPS) is 15.6. The lowest BCUT2D eigenvalue weighted by Crippen LogP contribution is -2.41. The first-order valence-electron chi connectivity index (χ1n) is 3.79. The van der Waals surface area contributed by atoms with E-state index in [9.17, 15) is 4.79 Å². The third-order valence-electron chi connectivity index (χ3n) is 1.40. The first kappa shape index (κ1) is 10.4. The minimum atomic E-state index is -0.501. The summed E-state index contributed by atoms with van der Waals surface area (Å²) in [6.45, 7) is 3.74. The van der Waals surface area contributed by atoms with Crippen molar-refractivity contribution < 1.29 is 9.90 Å². The molecule has 1 unspecified atom stereocenters. The lowest BCUT2D eigenvalue weighted by atomic mass is 10.2. The molecular weight excluding hydrogens is 144 g/mol. The van der Waals surface area contributed by atoms with Gasteiger partial charge >= 0.3 is 0 Å². The van der Waals surface area contributed by atoms with Crippen molar-refractivity contribution in [3.63, 3.8) is 0 Å². The van der Waals surface area contributed by atoms with E-state index in [1.54, 1.807) is 6.92 Å². The Labute approximate surface area is 66.8 Å². The second-order valence-electron chi connectivity index (χ2n) is 2.60. The maximum absolute atomic E-state index is 10.8. The fraction of sp³-hybridized carbons (Fsp3) is 0.857. The molecule has 0 bridgehead atoms. The topological polar surface area (TPSA) is 75.3 Å². The van der Waals surface area contributed by atoms with Crippen molar-refractivity contribution in [3.8, 4) is 0 Å². The van der Waals surface area contributed by atoms with E-state index in [4.69, 9.17) is 10.8 Å². The Morgan fingerprint density at radius 1 is 1.73 bits per heavy atom. The number of hydrogen-bond acceptors (Lipinski definition) is 3. The molecule has 0 radical (unpaired) electrons. The average Bonchev–Trinajstić information content (AvgIpc) is 1.99. The van der Waals surface area contributed by atoms with Crippen LogP contribution in [0.4, 0.5) is 0 Å². The molecule has 0 spiro atoms. The predicted octanol–water partition coefficient (Wildman–Crippen LogP) is -0.779. The van der Waals surface area contributed by atoms with Gasteiger partial charge in [0.15, 0.2) is 0 Å². The Morgan fingerprint density at radius 2 is 2.27 bits per heavy atom. The molecule has 0 rings (SSSR count).